The van der Waals surface area contributed by atoms with Gasteiger partial charge in [0.05, 0.1) is 28.5 Å². The predicted octanol–water partition coefficient (Wildman–Crippen LogP) is 5.73. The van der Waals surface area contributed by atoms with Crippen molar-refractivity contribution >= 4 is 35.3 Å². The van der Waals surface area contributed by atoms with Gasteiger partial charge in [0.2, 0.25) is 0 Å². The van der Waals surface area contributed by atoms with Gasteiger partial charge in [-0.1, -0.05) is 60.1 Å². The number of nitrogens with zero attached hydrogens (tertiary/aromatic N) is 3. The number of hydrogen-bond acceptors (Lipinski definition) is 6. The van der Waals surface area contributed by atoms with Crippen LogP contribution in [0.1, 0.15) is 39.8 Å². The number of nitro benzene ring substituents is 1. The molecule has 4 aromatic rings. The Balaban J connectivity index is 1.22. The van der Waals surface area contributed by atoms with E-state index in [2.05, 4.69) is 5.10 Å². The maximum absolute atomic E-state index is 13.6. The summed E-state index contributed by atoms with van der Waals surface area (Å²) in [6.07, 6.45) is 1.29. The van der Waals surface area contributed by atoms with Gasteiger partial charge in [0.15, 0.2) is 0 Å². The minimum Gasteiger partial charge on any atom is -0.455 e. The Kier molecular flexibility index (Phi) is 4.90. The molecule has 2 atom stereocenters. The number of hydrazone groups is 1. The highest BCUT2D eigenvalue weighted by atomic mass is 35.5. The van der Waals surface area contributed by atoms with Crippen molar-refractivity contribution in [3.8, 4) is 11.3 Å². The molecule has 9 heteroatoms. The number of imide groups is 1. The molecule has 3 aromatic carbocycles. The van der Waals surface area contributed by atoms with Crippen molar-refractivity contribution < 1.29 is 18.9 Å². The van der Waals surface area contributed by atoms with Crippen molar-refractivity contribution in [2.24, 2.45) is 16.9 Å². The maximum atomic E-state index is 13.6. The normalized spacial score (nSPS) is 23.0. The van der Waals surface area contributed by atoms with Crippen LogP contribution in [-0.4, -0.2) is 28.0 Å². The van der Waals surface area contributed by atoms with Gasteiger partial charge in [0.25, 0.3) is 17.5 Å². The van der Waals surface area contributed by atoms with Gasteiger partial charge in [-0.2, -0.15) is 10.1 Å². The second-order valence-corrected chi connectivity index (χ2v) is 10.1. The third kappa shape index (κ3) is 3.13. The lowest BCUT2D eigenvalue weighted by molar-refractivity contribution is -0.384. The Hall–Kier alpha value is -4.56. The Morgan fingerprint density at radius 3 is 1.92 bits per heavy atom. The Bertz CT molecular complexity index is 1590. The molecule has 1 aliphatic heterocycles. The summed E-state index contributed by atoms with van der Waals surface area (Å²) < 4.78 is 5.76. The van der Waals surface area contributed by atoms with E-state index in [1.165, 1.54) is 24.4 Å². The number of nitro groups is 1. The zero-order valence-electron chi connectivity index (χ0n) is 19.7. The number of rotatable bonds is 4. The van der Waals surface area contributed by atoms with Crippen molar-refractivity contribution in [2.75, 3.05) is 0 Å². The lowest BCUT2D eigenvalue weighted by atomic mass is 9.55. The Labute approximate surface area is 221 Å². The molecule has 186 valence electrons. The summed E-state index contributed by atoms with van der Waals surface area (Å²) in [7, 11) is 0. The van der Waals surface area contributed by atoms with Crippen molar-refractivity contribution in [2.45, 2.75) is 11.8 Å². The summed E-state index contributed by atoms with van der Waals surface area (Å²) in [4.78, 5) is 38.2. The minimum absolute atomic E-state index is 0.195. The van der Waals surface area contributed by atoms with E-state index in [0.29, 0.717) is 0 Å². The van der Waals surface area contributed by atoms with Crippen molar-refractivity contribution in [3.05, 3.63) is 122 Å². The predicted molar refractivity (Wildman–Crippen MR) is 139 cm³/mol. The van der Waals surface area contributed by atoms with Crippen LogP contribution in [0.3, 0.4) is 0 Å². The summed E-state index contributed by atoms with van der Waals surface area (Å²) in [5.41, 5.74) is 4.41. The van der Waals surface area contributed by atoms with Gasteiger partial charge in [0.1, 0.15) is 11.5 Å². The SMILES string of the molecule is O=C1[C@@H]2C3c4ccccc4C(c4ccccc43)[C@@H]2C(=O)N1/N=C\c1ccc(-c2ccc(Cl)cc2[N+](=O)[O-])o1. The fourth-order valence-corrected chi connectivity index (χ4v) is 6.49. The van der Waals surface area contributed by atoms with E-state index in [1.807, 2.05) is 48.5 Å². The highest BCUT2D eigenvalue weighted by molar-refractivity contribution is 6.31. The first-order valence-electron chi connectivity index (χ1n) is 12.1. The van der Waals surface area contributed by atoms with Crippen LogP contribution in [0.2, 0.25) is 5.02 Å². The second kappa shape index (κ2) is 8.22. The smallest absolute Gasteiger partial charge is 0.281 e. The zero-order valence-corrected chi connectivity index (χ0v) is 20.4. The average Bonchev–Trinajstić information content (AvgIpc) is 3.50. The van der Waals surface area contributed by atoms with Crippen LogP contribution >= 0.6 is 11.6 Å². The van der Waals surface area contributed by atoms with Gasteiger partial charge in [-0.05, 0) is 46.5 Å². The summed E-state index contributed by atoms with van der Waals surface area (Å²) >= 11 is 5.91. The van der Waals surface area contributed by atoms with Crippen LogP contribution in [0.5, 0.6) is 0 Å². The Morgan fingerprint density at radius 1 is 0.842 bits per heavy atom. The largest absolute Gasteiger partial charge is 0.455 e. The molecule has 8 nitrogen and oxygen atoms in total. The molecule has 8 rings (SSSR count). The molecule has 2 bridgehead atoms. The average molecular weight is 524 g/mol. The van der Waals surface area contributed by atoms with Crippen LogP contribution in [0.4, 0.5) is 5.69 Å². The summed E-state index contributed by atoms with van der Waals surface area (Å²) in [6, 6.07) is 23.5. The van der Waals surface area contributed by atoms with Gasteiger partial charge in [-0.15, -0.1) is 0 Å². The highest BCUT2D eigenvalue weighted by Gasteiger charge is 2.61. The molecule has 1 aromatic heterocycles. The van der Waals surface area contributed by atoms with E-state index in [0.717, 1.165) is 27.3 Å². The first-order valence-corrected chi connectivity index (χ1v) is 12.5. The first-order chi connectivity index (χ1) is 18.4. The fourth-order valence-electron chi connectivity index (χ4n) is 6.32. The monoisotopic (exact) mass is 523 g/mol. The fraction of sp³-hybridized carbons (Fsp3) is 0.138. The molecule has 4 aliphatic rings. The molecule has 0 N–H and O–H groups in total. The van der Waals surface area contributed by atoms with E-state index in [1.54, 1.807) is 12.1 Å². The minimum atomic E-state index is -0.537. The molecule has 1 fully saturated rings. The van der Waals surface area contributed by atoms with Crippen LogP contribution in [-0.2, 0) is 9.59 Å². The van der Waals surface area contributed by atoms with Crippen molar-refractivity contribution in [1.82, 2.24) is 5.01 Å². The molecule has 1 saturated heterocycles. The lowest BCUT2D eigenvalue weighted by Crippen LogP contribution is -2.41. The molecular weight excluding hydrogens is 506 g/mol. The number of hydrogen-bond donors (Lipinski definition) is 0. The van der Waals surface area contributed by atoms with Crippen LogP contribution in [0.15, 0.2) is 88.4 Å². The van der Waals surface area contributed by atoms with Crippen molar-refractivity contribution in [3.63, 3.8) is 0 Å². The first kappa shape index (κ1) is 22.6. The topological polar surface area (TPSA) is 106 Å². The number of carbonyl (C=O) groups is 2. The molecule has 0 spiro atoms. The highest BCUT2D eigenvalue weighted by Crippen LogP contribution is 2.60. The Morgan fingerprint density at radius 2 is 1.39 bits per heavy atom. The molecule has 2 heterocycles. The van der Waals surface area contributed by atoms with Gasteiger partial charge >= 0.3 is 0 Å². The summed E-state index contributed by atoms with van der Waals surface area (Å²) in [6.45, 7) is 0. The summed E-state index contributed by atoms with van der Waals surface area (Å²) in [5.74, 6) is -1.67. The van der Waals surface area contributed by atoms with Gasteiger partial charge < -0.3 is 4.42 Å². The van der Waals surface area contributed by atoms with Crippen molar-refractivity contribution in [1.29, 1.82) is 0 Å². The standard InChI is InChI=1S/C29H18ClN3O5/c30-15-9-11-21(22(13-15)33(36)37)23-12-10-16(38-23)14-31-32-28(34)26-24-17-5-1-2-6-18(17)25(27(26)29(32)35)20-8-4-3-7-19(20)24/h1-14,24-27H/b31-14-/t24?,25?,26-,27+. The zero-order chi connectivity index (χ0) is 26.1. The molecule has 0 unspecified atom stereocenters. The molecule has 38 heavy (non-hydrogen) atoms. The van der Waals surface area contributed by atoms with Gasteiger partial charge in [0, 0.05) is 22.9 Å². The maximum Gasteiger partial charge on any atom is 0.281 e. The summed E-state index contributed by atoms with van der Waals surface area (Å²) in [5, 5.41) is 16.9. The third-order valence-electron chi connectivity index (χ3n) is 7.77. The van der Waals surface area contributed by atoms with E-state index in [-0.39, 0.29) is 51.4 Å². The molecular formula is C29H18ClN3O5. The number of halogens is 1. The molecule has 0 saturated carbocycles. The van der Waals surface area contributed by atoms with E-state index >= 15 is 0 Å². The second-order valence-electron chi connectivity index (χ2n) is 9.62. The molecule has 0 radical (unpaired) electrons. The molecule has 3 aliphatic carbocycles. The van der Waals surface area contributed by atoms with E-state index in [4.69, 9.17) is 16.0 Å². The van der Waals surface area contributed by atoms with Gasteiger partial charge in [-0.3, -0.25) is 19.7 Å². The third-order valence-corrected chi connectivity index (χ3v) is 8.01. The quantitative estimate of drug-likeness (QED) is 0.147. The molecule has 2 amide bonds. The van der Waals surface area contributed by atoms with E-state index < -0.39 is 16.8 Å². The van der Waals surface area contributed by atoms with Crippen LogP contribution in [0, 0.1) is 22.0 Å². The number of benzene rings is 3. The number of carbonyl (C=O) groups excluding carboxylic acids is 2. The van der Waals surface area contributed by atoms with Crippen LogP contribution < -0.4 is 0 Å². The lowest BCUT2D eigenvalue weighted by Gasteiger charge is -2.45. The van der Waals surface area contributed by atoms with E-state index in [9.17, 15) is 19.7 Å². The van der Waals surface area contributed by atoms with Gasteiger partial charge in [-0.25, -0.2) is 0 Å². The van der Waals surface area contributed by atoms with Crippen LogP contribution in [0.25, 0.3) is 11.3 Å². The number of furan rings is 1. The number of amides is 2.